The molecule has 6 atom stereocenters. The van der Waals surface area contributed by atoms with Gasteiger partial charge in [0, 0.05) is 18.3 Å². The molecule has 0 saturated carbocycles. The predicted molar refractivity (Wildman–Crippen MR) is 117 cm³/mol. The summed E-state index contributed by atoms with van der Waals surface area (Å²) >= 11 is 0. The second kappa shape index (κ2) is 12.9. The molecule has 0 fully saturated rings. The van der Waals surface area contributed by atoms with Crippen molar-refractivity contribution in [1.82, 2.24) is 25.9 Å². The molecule has 13 heteroatoms. The number of carboxylic acid groups (broad SMARTS) is 1. The van der Waals surface area contributed by atoms with Crippen LogP contribution in [0.25, 0.3) is 0 Å². The van der Waals surface area contributed by atoms with E-state index in [1.807, 2.05) is 0 Å². The summed E-state index contributed by atoms with van der Waals surface area (Å²) in [7, 11) is 0. The number of aliphatic carboxylic acids is 1. The molecular weight excluding hydrogens is 436 g/mol. The van der Waals surface area contributed by atoms with Crippen LogP contribution in [0.1, 0.15) is 39.8 Å². The number of aromatic amines is 1. The fraction of sp³-hybridized carbons (Fsp3) is 0.650. The molecule has 33 heavy (non-hydrogen) atoms. The molecule has 0 aliphatic heterocycles. The second-order valence-electron chi connectivity index (χ2n) is 8.36. The van der Waals surface area contributed by atoms with Crippen molar-refractivity contribution in [1.29, 1.82) is 0 Å². The van der Waals surface area contributed by atoms with Gasteiger partial charge >= 0.3 is 5.97 Å². The lowest BCUT2D eigenvalue weighted by atomic mass is 10.0. The number of H-pyrrole nitrogens is 1. The zero-order chi connectivity index (χ0) is 25.3. The third-order valence-corrected chi connectivity index (χ3v) is 4.82. The number of hydrogen-bond acceptors (Lipinski definition) is 8. The van der Waals surface area contributed by atoms with Crippen molar-refractivity contribution < 1.29 is 34.5 Å². The van der Waals surface area contributed by atoms with E-state index in [0.717, 1.165) is 0 Å². The van der Waals surface area contributed by atoms with Crippen LogP contribution in [0.5, 0.6) is 0 Å². The van der Waals surface area contributed by atoms with Crippen LogP contribution in [0.3, 0.4) is 0 Å². The number of nitrogens with two attached hydrogens (primary N) is 1. The lowest BCUT2D eigenvalue weighted by Gasteiger charge is -2.27. The second-order valence-corrected chi connectivity index (χ2v) is 8.36. The zero-order valence-corrected chi connectivity index (χ0v) is 19.1. The Morgan fingerprint density at radius 2 is 1.58 bits per heavy atom. The minimum absolute atomic E-state index is 0.0486. The number of nitrogens with zero attached hydrogens (tertiary/aromatic N) is 1. The summed E-state index contributed by atoms with van der Waals surface area (Å²) in [6.07, 6.45) is 0.402. The van der Waals surface area contributed by atoms with Gasteiger partial charge in [0.15, 0.2) is 0 Å². The van der Waals surface area contributed by atoms with Crippen molar-refractivity contribution >= 4 is 23.7 Å². The molecule has 0 aliphatic carbocycles. The van der Waals surface area contributed by atoms with E-state index in [0.29, 0.717) is 5.69 Å². The lowest BCUT2D eigenvalue weighted by molar-refractivity contribution is -0.142. The molecule has 186 valence electrons. The minimum Gasteiger partial charge on any atom is -0.480 e. The first kappa shape index (κ1) is 28.0. The van der Waals surface area contributed by atoms with Gasteiger partial charge in [0.2, 0.25) is 17.7 Å². The highest BCUT2D eigenvalue weighted by Gasteiger charge is 2.33. The molecule has 1 aromatic rings. The monoisotopic (exact) mass is 470 g/mol. The lowest BCUT2D eigenvalue weighted by Crippen LogP contribution is -2.60. The molecule has 3 amide bonds. The third kappa shape index (κ3) is 9.16. The number of imidazole rings is 1. The average molecular weight is 471 g/mol. The highest BCUT2D eigenvalue weighted by Crippen LogP contribution is 2.08. The molecule has 1 aromatic heterocycles. The van der Waals surface area contributed by atoms with Crippen molar-refractivity contribution in [3.63, 3.8) is 0 Å². The predicted octanol–water partition coefficient (Wildman–Crippen LogP) is -2.37. The van der Waals surface area contributed by atoms with Crippen molar-refractivity contribution in [3.05, 3.63) is 18.2 Å². The topological polar surface area (TPSA) is 220 Å². The van der Waals surface area contributed by atoms with Gasteiger partial charge in [0.25, 0.3) is 0 Å². The first-order valence-electron chi connectivity index (χ1n) is 10.6. The van der Waals surface area contributed by atoms with Crippen LogP contribution < -0.4 is 21.7 Å². The van der Waals surface area contributed by atoms with Gasteiger partial charge in [-0.25, -0.2) is 9.78 Å². The highest BCUT2D eigenvalue weighted by molar-refractivity contribution is 5.94. The van der Waals surface area contributed by atoms with Crippen LogP contribution in [-0.4, -0.2) is 85.4 Å². The van der Waals surface area contributed by atoms with Crippen molar-refractivity contribution in [2.45, 2.75) is 76.9 Å². The Hall–Kier alpha value is -3.03. The molecule has 9 N–H and O–H groups in total. The maximum absolute atomic E-state index is 12.9. The van der Waals surface area contributed by atoms with Gasteiger partial charge in [0.05, 0.1) is 18.5 Å². The zero-order valence-electron chi connectivity index (χ0n) is 19.1. The number of rotatable bonds is 13. The van der Waals surface area contributed by atoms with E-state index in [1.165, 1.54) is 26.4 Å². The fourth-order valence-corrected chi connectivity index (χ4v) is 2.93. The van der Waals surface area contributed by atoms with Crippen molar-refractivity contribution in [2.75, 3.05) is 0 Å². The number of nitrogens with one attached hydrogen (secondary N) is 4. The maximum atomic E-state index is 12.9. The molecule has 0 radical (unpaired) electrons. The molecule has 0 aromatic carbocycles. The molecule has 0 bridgehead atoms. The van der Waals surface area contributed by atoms with Gasteiger partial charge in [-0.3, -0.25) is 14.4 Å². The van der Waals surface area contributed by atoms with Gasteiger partial charge in [-0.05, 0) is 26.2 Å². The Labute approximate surface area is 191 Å². The Bertz CT molecular complexity index is 797. The van der Waals surface area contributed by atoms with Crippen LogP contribution in [0, 0.1) is 5.92 Å². The standard InChI is InChI=1S/C20H34N6O7/c1-9(2)5-13(17(29)25-14(20(32)33)6-12-7-22-8-23-12)24-19(31)16(11(4)28)26-18(30)15(21)10(3)27/h7-11,13-16,27-28H,5-6,21H2,1-4H3,(H,22,23)(H,24,31)(H,25,29)(H,26,30)(H,32,33). The number of aromatic nitrogens is 2. The van der Waals surface area contributed by atoms with Crippen molar-refractivity contribution in [2.24, 2.45) is 11.7 Å². The van der Waals surface area contributed by atoms with E-state index in [-0.39, 0.29) is 18.8 Å². The molecule has 0 saturated heterocycles. The van der Waals surface area contributed by atoms with Gasteiger partial charge in [-0.1, -0.05) is 13.8 Å². The van der Waals surface area contributed by atoms with Gasteiger partial charge < -0.3 is 42.0 Å². The molecule has 0 aliphatic rings. The Balaban J connectivity index is 2.96. The summed E-state index contributed by atoms with van der Waals surface area (Å²) < 4.78 is 0. The Morgan fingerprint density at radius 1 is 0.970 bits per heavy atom. The summed E-state index contributed by atoms with van der Waals surface area (Å²) in [5.41, 5.74) is 6.06. The van der Waals surface area contributed by atoms with Gasteiger partial charge in [-0.15, -0.1) is 0 Å². The van der Waals surface area contributed by atoms with Crippen LogP contribution >= 0.6 is 0 Å². The van der Waals surface area contributed by atoms with E-state index in [1.54, 1.807) is 13.8 Å². The average Bonchev–Trinajstić information content (AvgIpc) is 3.22. The minimum atomic E-state index is -1.45. The van der Waals surface area contributed by atoms with Crippen molar-refractivity contribution in [3.8, 4) is 0 Å². The molecule has 1 rings (SSSR count). The van der Waals surface area contributed by atoms with Gasteiger partial charge in [0.1, 0.15) is 24.2 Å². The summed E-state index contributed by atoms with van der Waals surface area (Å²) in [6.45, 7) is 6.18. The number of hydrogen-bond donors (Lipinski definition) is 8. The summed E-state index contributed by atoms with van der Waals surface area (Å²) in [4.78, 5) is 56.0. The number of aliphatic hydroxyl groups excluding tert-OH is 2. The molecular formula is C20H34N6O7. The van der Waals surface area contributed by atoms with E-state index < -0.39 is 60.1 Å². The third-order valence-electron chi connectivity index (χ3n) is 4.82. The smallest absolute Gasteiger partial charge is 0.326 e. The van der Waals surface area contributed by atoms with E-state index >= 15 is 0 Å². The SMILES string of the molecule is CC(C)CC(NC(=O)C(NC(=O)C(N)C(C)O)C(C)O)C(=O)NC(Cc1cnc[nH]1)C(=O)O. The van der Waals surface area contributed by atoms with E-state index in [9.17, 15) is 34.5 Å². The fourth-order valence-electron chi connectivity index (χ4n) is 2.93. The number of amides is 3. The van der Waals surface area contributed by atoms with E-state index in [4.69, 9.17) is 5.73 Å². The highest BCUT2D eigenvalue weighted by atomic mass is 16.4. The largest absolute Gasteiger partial charge is 0.480 e. The van der Waals surface area contributed by atoms with Crippen LogP contribution in [0.4, 0.5) is 0 Å². The number of carboxylic acids is 1. The Morgan fingerprint density at radius 3 is 2.03 bits per heavy atom. The first-order chi connectivity index (χ1) is 15.3. The summed E-state index contributed by atoms with van der Waals surface area (Å²) in [5.74, 6) is -3.78. The van der Waals surface area contributed by atoms with Crippen LogP contribution in [-0.2, 0) is 25.6 Å². The Kier molecular flexibility index (Phi) is 10.9. The molecule has 6 unspecified atom stereocenters. The summed E-state index contributed by atoms with van der Waals surface area (Å²) in [5, 5.41) is 36.0. The maximum Gasteiger partial charge on any atom is 0.326 e. The number of aliphatic hydroxyl groups is 2. The van der Waals surface area contributed by atoms with Crippen LogP contribution in [0.2, 0.25) is 0 Å². The number of carbonyl (C=O) groups excluding carboxylic acids is 3. The quantitative estimate of drug-likeness (QED) is 0.154. The number of carbonyl (C=O) groups is 4. The molecule has 0 spiro atoms. The van der Waals surface area contributed by atoms with Crippen LogP contribution in [0.15, 0.2) is 12.5 Å². The van der Waals surface area contributed by atoms with E-state index in [2.05, 4.69) is 25.9 Å². The molecule has 1 heterocycles. The normalized spacial score (nSPS) is 16.7. The summed E-state index contributed by atoms with van der Waals surface area (Å²) in [6, 6.07) is -5.19. The first-order valence-corrected chi connectivity index (χ1v) is 10.6. The molecule has 13 nitrogen and oxygen atoms in total. The van der Waals surface area contributed by atoms with Gasteiger partial charge in [-0.2, -0.15) is 0 Å².